The minimum Gasteiger partial charge on any atom is -0.481 e. The quantitative estimate of drug-likeness (QED) is 0.230. The van der Waals surface area contributed by atoms with Crippen LogP contribution in [-0.4, -0.2) is 50.6 Å². The van der Waals surface area contributed by atoms with Crippen molar-refractivity contribution >= 4 is 46.5 Å². The Kier molecular flexibility index (Phi) is 18.4. The highest BCUT2D eigenvalue weighted by Gasteiger charge is 2.25. The number of hydrogen-bond acceptors (Lipinski definition) is 5. The van der Waals surface area contributed by atoms with Gasteiger partial charge in [-0.15, -0.1) is 0 Å². The van der Waals surface area contributed by atoms with Gasteiger partial charge in [0.1, 0.15) is 11.9 Å². The number of nitrogens with two attached hydrogens (primary N) is 1. The van der Waals surface area contributed by atoms with Crippen LogP contribution in [0.1, 0.15) is 51.8 Å². The van der Waals surface area contributed by atoms with Crippen molar-refractivity contribution in [1.82, 2.24) is 0 Å². The highest BCUT2D eigenvalue weighted by atomic mass is 35.5. The van der Waals surface area contributed by atoms with E-state index in [1.807, 2.05) is 6.92 Å². The minimum absolute atomic E-state index is 0. The summed E-state index contributed by atoms with van der Waals surface area (Å²) in [5.74, 6) is -3.43. The second kappa shape index (κ2) is 18.9. The fourth-order valence-electron chi connectivity index (χ4n) is 3.21. The summed E-state index contributed by atoms with van der Waals surface area (Å²) in [6.45, 7) is 20.2. The molecule has 9 nitrogen and oxygen atoms in total. The number of hydrogen-bond donors (Lipinski definition) is 5. The molecular formula is C28H36Cl2FN3O6. The van der Waals surface area contributed by atoms with Crippen LogP contribution in [0.5, 0.6) is 0 Å². The molecule has 220 valence electrons. The first-order valence-electron chi connectivity index (χ1n) is 11.8. The third-order valence-electron chi connectivity index (χ3n) is 5.58. The number of aliphatic hydroxyl groups excluding tert-OH is 2. The molecule has 0 aliphatic carbocycles. The molecule has 2 aromatic rings. The summed E-state index contributed by atoms with van der Waals surface area (Å²) in [4.78, 5) is 27.5. The van der Waals surface area contributed by atoms with Crippen LogP contribution in [0, 0.1) is 24.9 Å². The topological polar surface area (TPSA) is 150 Å². The molecule has 0 spiro atoms. The minimum atomic E-state index is -1.18. The first-order valence-corrected chi connectivity index (χ1v) is 12.5. The molecule has 0 fully saturated rings. The molecule has 4 atom stereocenters. The summed E-state index contributed by atoms with van der Waals surface area (Å²) in [6.07, 6.45) is -0.597. The van der Waals surface area contributed by atoms with Crippen LogP contribution in [0.15, 0.2) is 24.3 Å². The molecule has 12 heteroatoms. The monoisotopic (exact) mass is 599 g/mol. The van der Waals surface area contributed by atoms with Crippen molar-refractivity contribution in [3.63, 3.8) is 0 Å². The van der Waals surface area contributed by atoms with Gasteiger partial charge in [0.2, 0.25) is 11.4 Å². The predicted octanol–water partition coefficient (Wildman–Crippen LogP) is 6.08. The van der Waals surface area contributed by atoms with Gasteiger partial charge in [-0.25, -0.2) is 14.1 Å². The van der Waals surface area contributed by atoms with E-state index in [0.717, 1.165) is 11.1 Å². The van der Waals surface area contributed by atoms with Gasteiger partial charge in [0.15, 0.2) is 0 Å². The summed E-state index contributed by atoms with van der Waals surface area (Å²) in [7, 11) is 0. The zero-order chi connectivity index (χ0) is 30.4. The molecule has 0 unspecified atom stereocenters. The first-order chi connectivity index (χ1) is 18.2. The first kappa shape index (κ1) is 38.9. The SMILES string of the molecule is C.C[C@@H](O)[C@@H](N)C(=O)O.[C-]#[N+]c1ccc(C[C@@H](C(=O)O)[C@@H](C)O)c(CC)c1Cl.[C-]#[N+]c1ccc(F)c(CC)c1Cl. The second-order valence-electron chi connectivity index (χ2n) is 8.32. The van der Waals surface area contributed by atoms with Crippen molar-refractivity contribution < 1.29 is 34.4 Å². The molecule has 0 aromatic heterocycles. The second-order valence-corrected chi connectivity index (χ2v) is 9.08. The third-order valence-corrected chi connectivity index (χ3v) is 6.42. The Morgan fingerprint density at radius 1 is 0.900 bits per heavy atom. The van der Waals surface area contributed by atoms with Crippen LogP contribution in [-0.2, 0) is 28.9 Å². The lowest BCUT2D eigenvalue weighted by Crippen LogP contribution is -2.39. The third kappa shape index (κ3) is 11.5. The standard InChI is InChI=1S/C14H16ClNO3.C9H7ClFN.C4H9NO3.CH4/c1-4-10-9(5-6-12(16-3)13(10)15)7-11(8(2)17)14(18)19;1-3-6-7(11)4-5-8(12-2)9(6)10;1-2(6)3(5)4(7)8;/h5-6,8,11,17H,4,7H2,1-2H3,(H,18,19);4-5H,3H2,1H3;2-3,6H,5H2,1H3,(H,7,8);1H4/t8-,11-;;2-,3-;/m1.1./s1. The van der Waals surface area contributed by atoms with Crippen molar-refractivity contribution in [2.24, 2.45) is 11.7 Å². The van der Waals surface area contributed by atoms with Gasteiger partial charge in [-0.2, -0.15) is 0 Å². The Labute approximate surface area is 244 Å². The molecule has 2 aromatic carbocycles. The van der Waals surface area contributed by atoms with Gasteiger partial charge in [0, 0.05) is 0 Å². The lowest BCUT2D eigenvalue weighted by molar-refractivity contribution is -0.145. The van der Waals surface area contributed by atoms with Crippen LogP contribution in [0.2, 0.25) is 10.0 Å². The number of rotatable bonds is 8. The van der Waals surface area contributed by atoms with E-state index < -0.39 is 36.1 Å². The maximum absolute atomic E-state index is 13.0. The fraction of sp³-hybridized carbons (Fsp3) is 0.429. The predicted molar refractivity (Wildman–Crippen MR) is 155 cm³/mol. The Balaban J connectivity index is 0. The summed E-state index contributed by atoms with van der Waals surface area (Å²) in [5.41, 5.74) is 7.56. The maximum atomic E-state index is 13.0. The highest BCUT2D eigenvalue weighted by Crippen LogP contribution is 2.33. The molecule has 0 amide bonds. The molecule has 2 rings (SSSR count). The lowest BCUT2D eigenvalue weighted by atomic mass is 9.91. The average molecular weight is 601 g/mol. The van der Waals surface area contributed by atoms with Crippen molar-refractivity contribution in [1.29, 1.82) is 0 Å². The van der Waals surface area contributed by atoms with Crippen molar-refractivity contribution in [2.75, 3.05) is 0 Å². The number of carbonyl (C=O) groups is 2. The molecule has 40 heavy (non-hydrogen) atoms. The van der Waals surface area contributed by atoms with Gasteiger partial charge >= 0.3 is 11.9 Å². The highest BCUT2D eigenvalue weighted by molar-refractivity contribution is 6.34. The van der Waals surface area contributed by atoms with Gasteiger partial charge < -0.3 is 26.2 Å². The van der Waals surface area contributed by atoms with Crippen LogP contribution in [0.4, 0.5) is 15.8 Å². The summed E-state index contributed by atoms with van der Waals surface area (Å²) in [6, 6.07) is 4.82. The Hall–Kier alpha value is -3.25. The normalized spacial score (nSPS) is 12.8. The van der Waals surface area contributed by atoms with Crippen LogP contribution in [0.25, 0.3) is 9.69 Å². The lowest BCUT2D eigenvalue weighted by Gasteiger charge is -2.18. The Morgan fingerprint density at radius 2 is 1.35 bits per heavy atom. The molecule has 0 aliphatic rings. The van der Waals surface area contributed by atoms with E-state index in [-0.39, 0.29) is 24.7 Å². The van der Waals surface area contributed by atoms with Crippen LogP contribution in [0.3, 0.4) is 0 Å². The molecule has 0 aliphatic heterocycles. The van der Waals surface area contributed by atoms with E-state index in [9.17, 15) is 19.1 Å². The number of aliphatic carboxylic acids is 2. The van der Waals surface area contributed by atoms with E-state index in [4.69, 9.17) is 57.4 Å². The maximum Gasteiger partial charge on any atom is 0.323 e. The average Bonchev–Trinajstić information content (AvgIpc) is 2.87. The van der Waals surface area contributed by atoms with Crippen LogP contribution < -0.4 is 5.73 Å². The zero-order valence-corrected chi connectivity index (χ0v) is 23.5. The van der Waals surface area contributed by atoms with E-state index in [2.05, 4.69) is 9.69 Å². The van der Waals surface area contributed by atoms with E-state index >= 15 is 0 Å². The van der Waals surface area contributed by atoms with Gasteiger partial charge in [-0.1, -0.05) is 62.7 Å². The Morgan fingerprint density at radius 3 is 1.68 bits per heavy atom. The van der Waals surface area contributed by atoms with Crippen molar-refractivity contribution in [3.8, 4) is 0 Å². The van der Waals surface area contributed by atoms with E-state index in [1.165, 1.54) is 26.0 Å². The van der Waals surface area contributed by atoms with Gasteiger partial charge in [0.25, 0.3) is 0 Å². The molecule has 0 heterocycles. The van der Waals surface area contributed by atoms with Gasteiger partial charge in [-0.3, -0.25) is 9.59 Å². The number of aliphatic hydroxyl groups is 2. The molecule has 0 saturated heterocycles. The number of carboxylic acids is 2. The van der Waals surface area contributed by atoms with E-state index in [0.29, 0.717) is 34.8 Å². The number of halogens is 3. The molecular weight excluding hydrogens is 564 g/mol. The van der Waals surface area contributed by atoms with Crippen molar-refractivity contribution in [2.45, 2.75) is 72.6 Å². The van der Waals surface area contributed by atoms with Gasteiger partial charge in [-0.05, 0) is 55.9 Å². The van der Waals surface area contributed by atoms with Gasteiger partial charge in [0.05, 0.1) is 41.3 Å². The zero-order valence-electron chi connectivity index (χ0n) is 22.0. The van der Waals surface area contributed by atoms with E-state index in [1.54, 1.807) is 19.1 Å². The molecule has 0 saturated carbocycles. The largest absolute Gasteiger partial charge is 0.481 e. The smallest absolute Gasteiger partial charge is 0.323 e. The summed E-state index contributed by atoms with van der Waals surface area (Å²) >= 11 is 11.9. The fourth-order valence-corrected chi connectivity index (χ4v) is 3.90. The number of nitrogens with zero attached hydrogens (tertiary/aromatic N) is 2. The molecule has 0 bridgehead atoms. The summed E-state index contributed by atoms with van der Waals surface area (Å²) < 4.78 is 13.0. The van der Waals surface area contributed by atoms with Crippen molar-refractivity contribution in [3.05, 3.63) is 79.7 Å². The Bertz CT molecular complexity index is 1230. The summed E-state index contributed by atoms with van der Waals surface area (Å²) in [5, 5.41) is 35.8. The number of carboxylic acid groups (broad SMARTS) is 2. The molecule has 6 N–H and O–H groups in total. The molecule has 0 radical (unpaired) electrons. The van der Waals surface area contributed by atoms with Crippen LogP contribution >= 0.6 is 23.2 Å². The number of benzene rings is 2.